The van der Waals surface area contributed by atoms with E-state index in [1.54, 1.807) is 0 Å². The standard InChI is InChI=1S/C26H26N2O3/c1-18(13-25(29)30)22-8-10-24(11-9-22)31-17-21-12-19(2)26-23(14-21)15-27-28(26)16-20-6-4-3-5-7-20/h3-12,14-15,18H,13,16-17H2,1-2H3,(H,29,30). The van der Waals surface area contributed by atoms with Gasteiger partial charge in [-0.05, 0) is 53.3 Å². The summed E-state index contributed by atoms with van der Waals surface area (Å²) >= 11 is 0. The molecule has 0 amide bonds. The lowest BCUT2D eigenvalue weighted by Gasteiger charge is -2.12. The van der Waals surface area contributed by atoms with E-state index in [9.17, 15) is 4.79 Å². The van der Waals surface area contributed by atoms with E-state index in [1.807, 2.05) is 60.3 Å². The highest BCUT2D eigenvalue weighted by Gasteiger charge is 2.11. The summed E-state index contributed by atoms with van der Waals surface area (Å²) in [4.78, 5) is 10.9. The van der Waals surface area contributed by atoms with Gasteiger partial charge in [0.05, 0.1) is 24.7 Å². The molecule has 1 heterocycles. The number of rotatable bonds is 8. The Morgan fingerprint density at radius 1 is 1.06 bits per heavy atom. The van der Waals surface area contributed by atoms with Crippen molar-refractivity contribution in [1.82, 2.24) is 9.78 Å². The first-order valence-electron chi connectivity index (χ1n) is 10.4. The number of hydrogen-bond acceptors (Lipinski definition) is 3. The van der Waals surface area contributed by atoms with E-state index in [0.717, 1.165) is 34.3 Å². The van der Waals surface area contributed by atoms with Gasteiger partial charge in [0.2, 0.25) is 0 Å². The maximum absolute atomic E-state index is 10.9. The number of fused-ring (bicyclic) bond motifs is 1. The molecule has 0 saturated carbocycles. The topological polar surface area (TPSA) is 64.3 Å². The van der Waals surface area contributed by atoms with Crippen LogP contribution >= 0.6 is 0 Å². The number of aliphatic carboxylic acids is 1. The molecular weight excluding hydrogens is 388 g/mol. The van der Waals surface area contributed by atoms with Crippen LogP contribution in [0.15, 0.2) is 72.9 Å². The molecule has 158 valence electrons. The van der Waals surface area contributed by atoms with Gasteiger partial charge in [0.25, 0.3) is 0 Å². The second-order valence-corrected chi connectivity index (χ2v) is 7.99. The molecule has 1 aromatic heterocycles. The fourth-order valence-electron chi connectivity index (χ4n) is 3.92. The Hall–Kier alpha value is -3.60. The zero-order valence-electron chi connectivity index (χ0n) is 17.8. The molecule has 0 bridgehead atoms. The van der Waals surface area contributed by atoms with Gasteiger partial charge in [-0.15, -0.1) is 0 Å². The van der Waals surface area contributed by atoms with Gasteiger partial charge in [-0.2, -0.15) is 5.10 Å². The van der Waals surface area contributed by atoms with Gasteiger partial charge >= 0.3 is 5.97 Å². The van der Waals surface area contributed by atoms with Crippen LogP contribution < -0.4 is 4.74 Å². The normalized spacial score (nSPS) is 12.1. The largest absolute Gasteiger partial charge is 0.489 e. The molecule has 4 aromatic rings. The molecule has 0 fully saturated rings. The van der Waals surface area contributed by atoms with Gasteiger partial charge in [0, 0.05) is 5.39 Å². The van der Waals surface area contributed by atoms with Gasteiger partial charge < -0.3 is 9.84 Å². The quantitative estimate of drug-likeness (QED) is 0.410. The Morgan fingerprint density at radius 2 is 1.81 bits per heavy atom. The number of carboxylic acid groups (broad SMARTS) is 1. The molecule has 1 N–H and O–H groups in total. The van der Waals surface area contributed by atoms with Gasteiger partial charge in [0.1, 0.15) is 12.4 Å². The van der Waals surface area contributed by atoms with Crippen molar-refractivity contribution in [3.05, 3.63) is 95.2 Å². The van der Waals surface area contributed by atoms with Crippen LogP contribution in [-0.2, 0) is 17.9 Å². The van der Waals surface area contributed by atoms with Gasteiger partial charge in [-0.1, -0.05) is 55.5 Å². The van der Waals surface area contributed by atoms with Crippen LogP contribution in [-0.4, -0.2) is 20.9 Å². The predicted octanol–water partition coefficient (Wildman–Crippen LogP) is 5.55. The maximum atomic E-state index is 10.9. The Bertz CT molecular complexity index is 1180. The molecule has 1 unspecified atom stereocenters. The predicted molar refractivity (Wildman–Crippen MR) is 121 cm³/mol. The SMILES string of the molecule is Cc1cc(COc2ccc(C(C)CC(=O)O)cc2)cc2cnn(Cc3ccccc3)c12. The summed E-state index contributed by atoms with van der Waals surface area (Å²) in [6.45, 7) is 5.23. The third-order valence-electron chi connectivity index (χ3n) is 5.49. The molecule has 0 aliphatic carbocycles. The first kappa shape index (κ1) is 20.7. The van der Waals surface area contributed by atoms with Crippen molar-refractivity contribution in [2.45, 2.75) is 39.3 Å². The summed E-state index contributed by atoms with van der Waals surface area (Å²) in [5.74, 6) is -0.0430. The second kappa shape index (κ2) is 9.04. The zero-order chi connectivity index (χ0) is 21.8. The summed E-state index contributed by atoms with van der Waals surface area (Å²) in [6, 6.07) is 22.3. The molecule has 0 aliphatic rings. The number of aryl methyl sites for hydroxylation is 1. The molecule has 3 aromatic carbocycles. The number of hydrogen-bond donors (Lipinski definition) is 1. The van der Waals surface area contributed by atoms with Crippen molar-refractivity contribution in [2.75, 3.05) is 0 Å². The molecule has 0 aliphatic heterocycles. The first-order chi connectivity index (χ1) is 15.0. The fourth-order valence-corrected chi connectivity index (χ4v) is 3.92. The van der Waals surface area contributed by atoms with Crippen LogP contribution in [0.5, 0.6) is 5.75 Å². The molecule has 1 atom stereocenters. The van der Waals surface area contributed by atoms with E-state index < -0.39 is 5.97 Å². The number of benzene rings is 3. The summed E-state index contributed by atoms with van der Waals surface area (Å²) in [5, 5.41) is 14.6. The van der Waals surface area contributed by atoms with E-state index in [1.165, 1.54) is 11.1 Å². The van der Waals surface area contributed by atoms with Crippen LogP contribution in [0.3, 0.4) is 0 Å². The smallest absolute Gasteiger partial charge is 0.303 e. The fraction of sp³-hybridized carbons (Fsp3) is 0.231. The molecule has 0 spiro atoms. The lowest BCUT2D eigenvalue weighted by atomic mass is 9.98. The van der Waals surface area contributed by atoms with Crippen molar-refractivity contribution in [3.63, 3.8) is 0 Å². The molecule has 0 saturated heterocycles. The highest BCUT2D eigenvalue weighted by Crippen LogP contribution is 2.25. The summed E-state index contributed by atoms with van der Waals surface area (Å²) in [5.41, 5.74) is 5.62. The number of nitrogens with zero attached hydrogens (tertiary/aromatic N) is 2. The monoisotopic (exact) mass is 414 g/mol. The van der Waals surface area contributed by atoms with Crippen LogP contribution in [0, 0.1) is 6.92 Å². The van der Waals surface area contributed by atoms with E-state index in [2.05, 4.69) is 36.3 Å². The van der Waals surface area contributed by atoms with Crippen molar-refractivity contribution >= 4 is 16.9 Å². The average molecular weight is 415 g/mol. The number of ether oxygens (including phenoxy) is 1. The van der Waals surface area contributed by atoms with E-state index in [4.69, 9.17) is 9.84 Å². The lowest BCUT2D eigenvalue weighted by Crippen LogP contribution is -2.03. The molecule has 31 heavy (non-hydrogen) atoms. The van der Waals surface area contributed by atoms with Crippen molar-refractivity contribution in [2.24, 2.45) is 0 Å². The summed E-state index contributed by atoms with van der Waals surface area (Å²) in [6.07, 6.45) is 2.03. The third kappa shape index (κ3) is 4.94. The molecule has 4 rings (SSSR count). The lowest BCUT2D eigenvalue weighted by molar-refractivity contribution is -0.137. The molecular formula is C26H26N2O3. The summed E-state index contributed by atoms with van der Waals surface area (Å²) in [7, 11) is 0. The molecule has 5 heteroatoms. The number of carboxylic acids is 1. The van der Waals surface area contributed by atoms with E-state index >= 15 is 0 Å². The van der Waals surface area contributed by atoms with E-state index in [0.29, 0.717) is 6.61 Å². The minimum atomic E-state index is -0.786. The Balaban J connectivity index is 1.45. The molecule has 5 nitrogen and oxygen atoms in total. The van der Waals surface area contributed by atoms with Gasteiger partial charge in [0.15, 0.2) is 0 Å². The van der Waals surface area contributed by atoms with Crippen LogP contribution in [0.25, 0.3) is 10.9 Å². The summed E-state index contributed by atoms with van der Waals surface area (Å²) < 4.78 is 8.01. The average Bonchev–Trinajstić information content (AvgIpc) is 3.16. The van der Waals surface area contributed by atoms with Crippen molar-refractivity contribution in [3.8, 4) is 5.75 Å². The van der Waals surface area contributed by atoms with E-state index in [-0.39, 0.29) is 12.3 Å². The van der Waals surface area contributed by atoms with Crippen molar-refractivity contribution < 1.29 is 14.6 Å². The number of aromatic nitrogens is 2. The van der Waals surface area contributed by atoms with Gasteiger partial charge in [-0.3, -0.25) is 9.48 Å². The second-order valence-electron chi connectivity index (χ2n) is 7.99. The first-order valence-corrected chi connectivity index (χ1v) is 10.4. The Labute approximate surface area is 181 Å². The molecule has 0 radical (unpaired) electrons. The van der Waals surface area contributed by atoms with Crippen LogP contribution in [0.1, 0.15) is 41.5 Å². The Kier molecular flexibility index (Phi) is 6.03. The minimum Gasteiger partial charge on any atom is -0.489 e. The number of carbonyl (C=O) groups is 1. The maximum Gasteiger partial charge on any atom is 0.303 e. The third-order valence-corrected chi connectivity index (χ3v) is 5.49. The minimum absolute atomic E-state index is 0.0240. The van der Waals surface area contributed by atoms with Crippen molar-refractivity contribution in [1.29, 1.82) is 0 Å². The van der Waals surface area contributed by atoms with Gasteiger partial charge in [-0.25, -0.2) is 0 Å². The Morgan fingerprint density at radius 3 is 2.52 bits per heavy atom. The van der Waals surface area contributed by atoms with Crippen LogP contribution in [0.4, 0.5) is 0 Å². The van der Waals surface area contributed by atoms with Crippen LogP contribution in [0.2, 0.25) is 0 Å². The highest BCUT2D eigenvalue weighted by atomic mass is 16.5. The highest BCUT2D eigenvalue weighted by molar-refractivity contribution is 5.82. The zero-order valence-corrected chi connectivity index (χ0v) is 17.8.